The number of ether oxygens (including phenoxy) is 2. The van der Waals surface area contributed by atoms with Crippen LogP contribution < -0.4 is 5.32 Å². The van der Waals surface area contributed by atoms with Gasteiger partial charge in [-0.25, -0.2) is 9.59 Å². The predicted molar refractivity (Wildman–Crippen MR) is 130 cm³/mol. The number of carbonyl (C=O) groups excluding carboxylic acids is 2. The Morgan fingerprint density at radius 3 is 2.17 bits per heavy atom. The molecule has 0 saturated carbocycles. The van der Waals surface area contributed by atoms with Crippen molar-refractivity contribution in [3.8, 4) is 11.1 Å². The highest BCUT2D eigenvalue weighted by molar-refractivity contribution is 5.92. The molecule has 0 bridgehead atoms. The van der Waals surface area contributed by atoms with Gasteiger partial charge < -0.3 is 24.8 Å². The molecule has 2 N–H and O–H groups in total. The van der Waals surface area contributed by atoms with Crippen LogP contribution in [0.25, 0.3) is 11.1 Å². The number of nitrogens with zero attached hydrogens (tertiary/aromatic N) is 1. The Kier molecular flexibility index (Phi) is 6.60. The Bertz CT molecular complexity index is 1090. The highest BCUT2D eigenvalue weighted by Crippen LogP contribution is 2.44. The van der Waals surface area contributed by atoms with Gasteiger partial charge in [-0.2, -0.15) is 0 Å². The minimum atomic E-state index is -1.45. The van der Waals surface area contributed by atoms with Crippen molar-refractivity contribution in [2.75, 3.05) is 26.9 Å². The number of amides is 2. The average Bonchev–Trinajstić information content (AvgIpc) is 3.44. The van der Waals surface area contributed by atoms with Crippen LogP contribution in [0.2, 0.25) is 0 Å². The van der Waals surface area contributed by atoms with Gasteiger partial charge >= 0.3 is 12.1 Å². The van der Waals surface area contributed by atoms with E-state index in [9.17, 15) is 19.5 Å². The number of carboxylic acid groups (broad SMARTS) is 1. The molecule has 2 aliphatic rings. The maximum atomic E-state index is 13.4. The van der Waals surface area contributed by atoms with Crippen molar-refractivity contribution in [3.63, 3.8) is 0 Å². The van der Waals surface area contributed by atoms with Crippen LogP contribution >= 0.6 is 0 Å². The quantitative estimate of drug-likeness (QED) is 0.654. The summed E-state index contributed by atoms with van der Waals surface area (Å²) in [7, 11) is 1.45. The molecular weight excluding hydrogens is 448 g/mol. The van der Waals surface area contributed by atoms with E-state index in [1.54, 1.807) is 0 Å². The molecule has 8 heteroatoms. The van der Waals surface area contributed by atoms with Crippen molar-refractivity contribution in [3.05, 3.63) is 59.7 Å². The van der Waals surface area contributed by atoms with E-state index in [1.165, 1.54) is 11.9 Å². The largest absolute Gasteiger partial charge is 0.479 e. The lowest BCUT2D eigenvalue weighted by Crippen LogP contribution is -2.62. The lowest BCUT2D eigenvalue weighted by molar-refractivity contribution is -0.159. The monoisotopic (exact) mass is 480 g/mol. The van der Waals surface area contributed by atoms with E-state index in [-0.39, 0.29) is 32.2 Å². The first-order chi connectivity index (χ1) is 16.6. The van der Waals surface area contributed by atoms with Crippen LogP contribution in [0.15, 0.2) is 48.5 Å². The molecule has 2 amide bonds. The van der Waals surface area contributed by atoms with E-state index in [0.717, 1.165) is 22.3 Å². The summed E-state index contributed by atoms with van der Waals surface area (Å²) in [4.78, 5) is 39.6. The molecule has 1 unspecified atom stereocenters. The van der Waals surface area contributed by atoms with Crippen LogP contribution in [0.1, 0.15) is 44.2 Å². The Labute approximate surface area is 205 Å². The van der Waals surface area contributed by atoms with E-state index in [2.05, 4.69) is 17.4 Å². The summed E-state index contributed by atoms with van der Waals surface area (Å²) in [5, 5.41) is 12.5. The second-order valence-corrected chi connectivity index (χ2v) is 10.3. The normalized spacial score (nSPS) is 20.0. The summed E-state index contributed by atoms with van der Waals surface area (Å²) in [6.45, 7) is 5.72. The molecule has 1 aliphatic carbocycles. The number of carbonyl (C=O) groups is 3. The molecule has 186 valence electrons. The van der Waals surface area contributed by atoms with Crippen molar-refractivity contribution in [1.29, 1.82) is 0 Å². The summed E-state index contributed by atoms with van der Waals surface area (Å²) >= 11 is 0. The molecule has 1 fully saturated rings. The SMILES string of the molecule is CN(C(=O)[C@H](NC(=O)OCC1c2ccccc2-c2ccccc21)C(C)(C)C)C1(C(=O)O)CCOC1. The molecule has 1 aliphatic heterocycles. The van der Waals surface area contributed by atoms with Gasteiger partial charge in [0.05, 0.1) is 6.61 Å². The first-order valence-electron chi connectivity index (χ1n) is 11.8. The molecule has 0 spiro atoms. The average molecular weight is 481 g/mol. The Morgan fingerprint density at radius 1 is 1.11 bits per heavy atom. The fourth-order valence-corrected chi connectivity index (χ4v) is 4.94. The molecule has 2 aromatic carbocycles. The third-order valence-corrected chi connectivity index (χ3v) is 7.09. The Balaban J connectivity index is 1.49. The van der Waals surface area contributed by atoms with Gasteiger partial charge in [0.25, 0.3) is 0 Å². The van der Waals surface area contributed by atoms with Crippen molar-refractivity contribution < 1.29 is 29.0 Å². The molecule has 4 rings (SSSR count). The number of hydrogen-bond donors (Lipinski definition) is 2. The second kappa shape index (κ2) is 9.34. The molecule has 0 radical (unpaired) electrons. The van der Waals surface area contributed by atoms with Gasteiger partial charge in [0, 0.05) is 26.0 Å². The zero-order chi connectivity index (χ0) is 25.4. The fourth-order valence-electron chi connectivity index (χ4n) is 4.94. The summed E-state index contributed by atoms with van der Waals surface area (Å²) in [6.07, 6.45) is -0.535. The van der Waals surface area contributed by atoms with Crippen molar-refractivity contribution in [1.82, 2.24) is 10.2 Å². The molecule has 2 aromatic rings. The van der Waals surface area contributed by atoms with Gasteiger partial charge in [-0.3, -0.25) is 4.79 Å². The summed E-state index contributed by atoms with van der Waals surface area (Å²) in [6, 6.07) is 15.1. The number of aliphatic carboxylic acids is 1. The molecular formula is C27H32N2O6. The van der Waals surface area contributed by atoms with Crippen molar-refractivity contribution >= 4 is 18.0 Å². The number of benzene rings is 2. The summed E-state index contributed by atoms with van der Waals surface area (Å²) < 4.78 is 10.9. The topological polar surface area (TPSA) is 105 Å². The third kappa shape index (κ3) is 4.50. The minimum absolute atomic E-state index is 0.0909. The van der Waals surface area contributed by atoms with Gasteiger partial charge in [0.2, 0.25) is 5.91 Å². The van der Waals surface area contributed by atoms with Gasteiger partial charge in [-0.1, -0.05) is 69.3 Å². The number of fused-ring (bicyclic) bond motifs is 3. The smallest absolute Gasteiger partial charge is 0.407 e. The molecule has 1 saturated heterocycles. The Morgan fingerprint density at radius 2 is 1.69 bits per heavy atom. The van der Waals surface area contributed by atoms with E-state index in [0.29, 0.717) is 0 Å². The van der Waals surface area contributed by atoms with Gasteiger partial charge in [0.1, 0.15) is 12.6 Å². The molecule has 35 heavy (non-hydrogen) atoms. The zero-order valence-corrected chi connectivity index (χ0v) is 20.5. The lowest BCUT2D eigenvalue weighted by atomic mass is 9.84. The predicted octanol–water partition coefficient (Wildman–Crippen LogP) is 3.64. The highest BCUT2D eigenvalue weighted by Gasteiger charge is 2.51. The van der Waals surface area contributed by atoms with E-state index in [4.69, 9.17) is 9.47 Å². The summed E-state index contributed by atoms with van der Waals surface area (Å²) in [5.74, 6) is -1.73. The van der Waals surface area contributed by atoms with Crippen molar-refractivity contribution in [2.24, 2.45) is 5.41 Å². The fraction of sp³-hybridized carbons (Fsp3) is 0.444. The van der Waals surface area contributed by atoms with E-state index >= 15 is 0 Å². The molecule has 1 heterocycles. The van der Waals surface area contributed by atoms with Crippen LogP contribution in [0, 0.1) is 5.41 Å². The lowest BCUT2D eigenvalue weighted by Gasteiger charge is -2.39. The number of rotatable bonds is 6. The first-order valence-corrected chi connectivity index (χ1v) is 11.8. The van der Waals surface area contributed by atoms with Crippen LogP contribution in [-0.2, 0) is 19.1 Å². The maximum absolute atomic E-state index is 13.4. The van der Waals surface area contributed by atoms with Crippen LogP contribution in [0.4, 0.5) is 4.79 Å². The van der Waals surface area contributed by atoms with Gasteiger partial charge in [0.15, 0.2) is 5.54 Å². The standard InChI is InChI=1S/C27H32N2O6/c1-26(2,3)22(23(30)29(4)27(24(31)32)13-14-34-16-27)28-25(33)35-15-21-19-11-7-5-9-17(19)18-10-6-8-12-20(18)21/h5-12,21-22H,13-16H2,1-4H3,(H,28,33)(H,31,32)/t22-,27?/m0/s1. The first kappa shape index (κ1) is 24.7. The van der Waals surface area contributed by atoms with Crippen molar-refractivity contribution in [2.45, 2.75) is 44.7 Å². The van der Waals surface area contributed by atoms with E-state index in [1.807, 2.05) is 57.2 Å². The highest BCUT2D eigenvalue weighted by atomic mass is 16.5. The minimum Gasteiger partial charge on any atom is -0.479 e. The number of likely N-dealkylation sites (N-methyl/N-ethyl adjacent to an activating group) is 1. The second-order valence-electron chi connectivity index (χ2n) is 10.3. The molecule has 8 nitrogen and oxygen atoms in total. The van der Waals surface area contributed by atoms with Crippen LogP contribution in [-0.4, -0.2) is 66.4 Å². The van der Waals surface area contributed by atoms with Crippen LogP contribution in [0.3, 0.4) is 0 Å². The number of hydrogen-bond acceptors (Lipinski definition) is 5. The van der Waals surface area contributed by atoms with Crippen LogP contribution in [0.5, 0.6) is 0 Å². The Hall–Kier alpha value is -3.39. The maximum Gasteiger partial charge on any atom is 0.407 e. The number of nitrogens with one attached hydrogen (secondary N) is 1. The third-order valence-electron chi connectivity index (χ3n) is 7.09. The van der Waals surface area contributed by atoms with Gasteiger partial charge in [-0.15, -0.1) is 0 Å². The number of alkyl carbamates (subject to hydrolysis) is 1. The zero-order valence-electron chi connectivity index (χ0n) is 20.5. The van der Waals surface area contributed by atoms with E-state index < -0.39 is 35.0 Å². The summed E-state index contributed by atoms with van der Waals surface area (Å²) in [5.41, 5.74) is 2.29. The molecule has 2 atom stereocenters. The number of carboxylic acids is 1. The van der Waals surface area contributed by atoms with Gasteiger partial charge in [-0.05, 0) is 27.7 Å². The molecule has 0 aromatic heterocycles.